The molecule has 3 N–H and O–H groups in total. The predicted molar refractivity (Wildman–Crippen MR) is 84.6 cm³/mol. The van der Waals surface area contributed by atoms with Gasteiger partial charge in [0.1, 0.15) is 10.7 Å². The Morgan fingerprint density at radius 1 is 1.12 bits per heavy atom. The molecule has 11 nitrogen and oxygen atoms in total. The summed E-state index contributed by atoms with van der Waals surface area (Å²) in [5, 5.41) is 4.69. The molecule has 24 heavy (non-hydrogen) atoms. The lowest BCUT2D eigenvalue weighted by Crippen LogP contribution is -2.38. The smallest absolute Gasteiger partial charge is 0.335 e. The van der Waals surface area contributed by atoms with Crippen LogP contribution in [0.5, 0.6) is 6.01 Å². The van der Waals surface area contributed by atoms with Crippen LogP contribution in [0, 0.1) is 6.92 Å². The summed E-state index contributed by atoms with van der Waals surface area (Å²) in [4.78, 5) is 34.3. The summed E-state index contributed by atoms with van der Waals surface area (Å²) in [6.07, 6.45) is 0. The molecule has 12 heteroatoms. The van der Waals surface area contributed by atoms with E-state index >= 15 is 0 Å². The minimum Gasteiger partial charge on any atom is -0.467 e. The van der Waals surface area contributed by atoms with Gasteiger partial charge >= 0.3 is 12.0 Å². The number of nitrogens with zero attached hydrogens (tertiary/aromatic N) is 3. The normalized spacial score (nSPS) is 12.0. The number of carbonyl (C=O) groups is 2. The number of rotatable bonds is 6. The van der Waals surface area contributed by atoms with Gasteiger partial charge in [0.25, 0.3) is 10.0 Å². The second kappa shape index (κ2) is 7.68. The molecule has 1 rings (SSSR count). The Morgan fingerprint density at radius 2 is 1.75 bits per heavy atom. The summed E-state index contributed by atoms with van der Waals surface area (Å²) in [5.41, 5.74) is 0.0977. The highest BCUT2D eigenvalue weighted by Gasteiger charge is 2.27. The molecular weight excluding hydrogens is 340 g/mol. The molecule has 2 amide bonds. The third kappa shape index (κ3) is 4.87. The molecule has 1 aromatic rings. The fourth-order valence-corrected chi connectivity index (χ4v) is 2.95. The molecule has 0 fully saturated rings. The van der Waals surface area contributed by atoms with Crippen LogP contribution in [0.1, 0.15) is 19.7 Å². The Bertz CT molecular complexity index is 789. The average molecular weight is 358 g/mol. The molecule has 0 saturated heterocycles. The fraction of sp³-hybridized carbons (Fsp3) is 0.417. The zero-order chi connectivity index (χ0) is 18.5. The Labute approximate surface area is 139 Å². The van der Waals surface area contributed by atoms with Gasteiger partial charge in [-0.15, -0.1) is 0 Å². The van der Waals surface area contributed by atoms with Gasteiger partial charge in [-0.3, -0.25) is 10.1 Å². The van der Waals surface area contributed by atoms with Crippen LogP contribution in [0.25, 0.3) is 0 Å². The lowest BCUT2D eigenvalue weighted by Gasteiger charge is -2.12. The summed E-state index contributed by atoms with van der Waals surface area (Å²) in [6.45, 7) is 4.01. The number of hydrogen-bond acceptors (Lipinski definition) is 9. The van der Waals surface area contributed by atoms with E-state index < -0.39 is 26.7 Å². The molecule has 0 spiro atoms. The van der Waals surface area contributed by atoms with E-state index in [9.17, 15) is 18.0 Å². The number of aryl methyl sites for hydroxylation is 1. The number of amides is 2. The summed E-state index contributed by atoms with van der Waals surface area (Å²) >= 11 is 0. The number of carbonyl (C=O) groups excluding carboxylic acids is 2. The van der Waals surface area contributed by atoms with Gasteiger partial charge in [-0.05, 0) is 20.8 Å². The second-order valence-corrected chi connectivity index (χ2v) is 6.13. The van der Waals surface area contributed by atoms with Crippen LogP contribution in [0.2, 0.25) is 0 Å². The molecule has 0 aromatic carbocycles. The molecule has 0 atom stereocenters. The molecule has 0 radical (unpaired) electrons. The number of nitrogens with one attached hydrogen (secondary N) is 3. The lowest BCUT2D eigenvalue weighted by atomic mass is 10.3. The maximum absolute atomic E-state index is 12.2. The van der Waals surface area contributed by atoms with Crippen molar-refractivity contribution in [2.24, 2.45) is 0 Å². The number of sulfonamides is 1. The zero-order valence-corrected chi connectivity index (χ0v) is 14.6. The van der Waals surface area contributed by atoms with Crippen molar-refractivity contribution in [3.05, 3.63) is 16.4 Å². The standard InChI is InChI=1S/C12H18N6O5S/c1-6(13-4)9(7(2)19)24(21,22)18-11(20)16-10-14-8(3)15-12(17-10)23-5/h13H,1-5H3,(H2,14,15,16,17,18,20). The Hall–Kier alpha value is -2.76. The van der Waals surface area contributed by atoms with Crippen LogP contribution in [0.3, 0.4) is 0 Å². The predicted octanol–water partition coefficient (Wildman–Crippen LogP) is -0.320. The van der Waals surface area contributed by atoms with Crippen LogP contribution in [-0.4, -0.2) is 49.3 Å². The van der Waals surface area contributed by atoms with Gasteiger partial charge in [-0.2, -0.15) is 15.0 Å². The number of Topliss-reactive ketones (excluding diaryl/α,β-unsaturated/α-hetero) is 1. The van der Waals surface area contributed by atoms with Crippen molar-refractivity contribution in [2.75, 3.05) is 19.5 Å². The minimum atomic E-state index is -4.37. The maximum Gasteiger partial charge on any atom is 0.335 e. The van der Waals surface area contributed by atoms with Crippen LogP contribution in [0.15, 0.2) is 10.6 Å². The molecule has 0 aliphatic rings. The SMILES string of the molecule is CNC(C)=C(C(C)=O)S(=O)(=O)NC(=O)Nc1nc(C)nc(OC)n1. The molecule has 1 heterocycles. The number of ether oxygens (including phenoxy) is 1. The van der Waals surface area contributed by atoms with E-state index in [0.29, 0.717) is 0 Å². The summed E-state index contributed by atoms with van der Waals surface area (Å²) in [7, 11) is -1.60. The van der Waals surface area contributed by atoms with Crippen LogP contribution in [0.4, 0.5) is 10.7 Å². The zero-order valence-electron chi connectivity index (χ0n) is 13.8. The van der Waals surface area contributed by atoms with E-state index in [1.54, 1.807) is 4.72 Å². The average Bonchev–Trinajstić information content (AvgIpc) is 2.44. The Morgan fingerprint density at radius 3 is 2.25 bits per heavy atom. The summed E-state index contributed by atoms with van der Waals surface area (Å²) < 4.78 is 30.9. The van der Waals surface area contributed by atoms with Crippen molar-refractivity contribution in [3.8, 4) is 6.01 Å². The van der Waals surface area contributed by atoms with E-state index in [1.165, 1.54) is 28.0 Å². The highest BCUT2D eigenvalue weighted by molar-refractivity contribution is 7.94. The third-order valence-corrected chi connectivity index (χ3v) is 4.25. The highest BCUT2D eigenvalue weighted by atomic mass is 32.2. The van der Waals surface area contributed by atoms with Crippen molar-refractivity contribution in [1.29, 1.82) is 0 Å². The van der Waals surface area contributed by atoms with E-state index in [2.05, 4.69) is 25.6 Å². The quantitative estimate of drug-likeness (QED) is 0.581. The summed E-state index contributed by atoms with van der Waals surface area (Å²) in [6, 6.07) is -1.18. The molecule has 0 aliphatic heterocycles. The second-order valence-electron chi connectivity index (χ2n) is 4.51. The van der Waals surface area contributed by atoms with Gasteiger partial charge in [-0.25, -0.2) is 17.9 Å². The highest BCUT2D eigenvalue weighted by Crippen LogP contribution is 2.11. The largest absolute Gasteiger partial charge is 0.467 e. The fourth-order valence-electron chi connectivity index (χ4n) is 1.67. The maximum atomic E-state index is 12.2. The van der Waals surface area contributed by atoms with Gasteiger partial charge in [0.2, 0.25) is 5.95 Å². The summed E-state index contributed by atoms with van der Waals surface area (Å²) in [5.74, 6) is -0.666. The molecule has 0 bridgehead atoms. The van der Waals surface area contributed by atoms with Gasteiger partial charge in [0.05, 0.1) is 7.11 Å². The number of hydrogen-bond donors (Lipinski definition) is 3. The first-order chi connectivity index (χ1) is 11.1. The van der Waals surface area contributed by atoms with Crippen molar-refractivity contribution in [1.82, 2.24) is 25.0 Å². The van der Waals surface area contributed by atoms with E-state index in [0.717, 1.165) is 6.92 Å². The molecule has 0 saturated carbocycles. The number of anilines is 1. The van der Waals surface area contributed by atoms with E-state index in [4.69, 9.17) is 4.74 Å². The first-order valence-electron chi connectivity index (χ1n) is 6.60. The first kappa shape index (κ1) is 19.3. The Balaban J connectivity index is 3.02. The number of allylic oxidation sites excluding steroid dienone is 2. The number of ketones is 1. The van der Waals surface area contributed by atoms with Gasteiger partial charge in [0.15, 0.2) is 5.78 Å². The van der Waals surface area contributed by atoms with Crippen molar-refractivity contribution >= 4 is 27.8 Å². The molecule has 132 valence electrons. The minimum absolute atomic E-state index is 0.0454. The third-order valence-electron chi connectivity index (χ3n) is 2.67. The van der Waals surface area contributed by atoms with Crippen LogP contribution >= 0.6 is 0 Å². The monoisotopic (exact) mass is 358 g/mol. The topological polar surface area (TPSA) is 152 Å². The van der Waals surface area contributed by atoms with E-state index in [-0.39, 0.29) is 23.5 Å². The number of aromatic nitrogens is 3. The number of methoxy groups -OCH3 is 1. The Kier molecular flexibility index (Phi) is 6.17. The van der Waals surface area contributed by atoms with Crippen molar-refractivity contribution < 1.29 is 22.7 Å². The van der Waals surface area contributed by atoms with Crippen LogP contribution < -0.4 is 20.1 Å². The lowest BCUT2D eigenvalue weighted by molar-refractivity contribution is -0.113. The van der Waals surface area contributed by atoms with Crippen molar-refractivity contribution in [3.63, 3.8) is 0 Å². The molecule has 0 aliphatic carbocycles. The number of urea groups is 1. The molecular formula is C12H18N6O5S. The van der Waals surface area contributed by atoms with Gasteiger partial charge in [0, 0.05) is 12.7 Å². The van der Waals surface area contributed by atoms with Crippen molar-refractivity contribution in [2.45, 2.75) is 20.8 Å². The van der Waals surface area contributed by atoms with Gasteiger partial charge in [-0.1, -0.05) is 0 Å². The molecule has 1 aromatic heterocycles. The van der Waals surface area contributed by atoms with E-state index in [1.807, 2.05) is 0 Å². The van der Waals surface area contributed by atoms with Gasteiger partial charge < -0.3 is 10.1 Å². The molecule has 0 unspecified atom stereocenters. The first-order valence-corrected chi connectivity index (χ1v) is 8.09. The van der Waals surface area contributed by atoms with Crippen LogP contribution in [-0.2, 0) is 14.8 Å².